The van der Waals surface area contributed by atoms with E-state index < -0.39 is 11.9 Å². The lowest BCUT2D eigenvalue weighted by Crippen LogP contribution is -2.54. The van der Waals surface area contributed by atoms with Gasteiger partial charge in [-0.25, -0.2) is 4.79 Å². The topological polar surface area (TPSA) is 69.6 Å². The average molecular weight is 269 g/mol. The Kier molecular flexibility index (Phi) is 3.43. The molecule has 2 amide bonds. The summed E-state index contributed by atoms with van der Waals surface area (Å²) in [5.74, 6) is -1.30. The lowest BCUT2D eigenvalue weighted by Gasteiger charge is -2.36. The molecule has 2 rings (SSSR count). The van der Waals surface area contributed by atoms with E-state index in [1.54, 1.807) is 18.2 Å². The van der Waals surface area contributed by atoms with E-state index in [1.165, 1.54) is 4.90 Å². The molecule has 1 fully saturated rings. The Labute approximate surface area is 109 Å². The second-order valence-corrected chi connectivity index (χ2v) is 4.77. The number of urea groups is 1. The van der Waals surface area contributed by atoms with Gasteiger partial charge in [0.1, 0.15) is 0 Å². The van der Waals surface area contributed by atoms with Crippen molar-refractivity contribution in [1.82, 2.24) is 4.90 Å². The molecule has 1 aromatic rings. The maximum absolute atomic E-state index is 11.8. The van der Waals surface area contributed by atoms with E-state index >= 15 is 0 Å². The summed E-state index contributed by atoms with van der Waals surface area (Å²) in [7, 11) is 0. The fourth-order valence-electron chi connectivity index (χ4n) is 1.76. The van der Waals surface area contributed by atoms with Crippen LogP contribution in [0.4, 0.5) is 10.5 Å². The molecule has 0 spiro atoms. The third-order valence-electron chi connectivity index (χ3n) is 2.95. The molecule has 0 bridgehead atoms. The van der Waals surface area contributed by atoms with Gasteiger partial charge in [-0.05, 0) is 30.7 Å². The molecule has 1 heterocycles. The van der Waals surface area contributed by atoms with Crippen LogP contribution in [-0.4, -0.2) is 35.1 Å². The molecule has 0 aliphatic carbocycles. The SMILES string of the molecule is Cc1cc(Cl)ccc1NC(=O)N1CC(C(=O)O)C1. The second-order valence-electron chi connectivity index (χ2n) is 4.33. The van der Waals surface area contributed by atoms with Crippen LogP contribution in [0.25, 0.3) is 0 Å². The molecule has 0 atom stereocenters. The van der Waals surface area contributed by atoms with E-state index in [-0.39, 0.29) is 19.1 Å². The zero-order chi connectivity index (χ0) is 13.3. The fourth-order valence-corrected chi connectivity index (χ4v) is 1.99. The highest BCUT2D eigenvalue weighted by atomic mass is 35.5. The number of nitrogens with one attached hydrogen (secondary N) is 1. The van der Waals surface area contributed by atoms with E-state index in [0.717, 1.165) is 5.56 Å². The van der Waals surface area contributed by atoms with Crippen LogP contribution in [0.15, 0.2) is 18.2 Å². The van der Waals surface area contributed by atoms with Crippen molar-refractivity contribution in [3.63, 3.8) is 0 Å². The van der Waals surface area contributed by atoms with Crippen LogP contribution in [0.5, 0.6) is 0 Å². The summed E-state index contributed by atoms with van der Waals surface area (Å²) in [6.45, 7) is 2.36. The standard InChI is InChI=1S/C12H13ClN2O3/c1-7-4-9(13)2-3-10(7)14-12(18)15-5-8(6-15)11(16)17/h2-4,8H,5-6H2,1H3,(H,14,18)(H,16,17). The molecule has 0 radical (unpaired) electrons. The number of anilines is 1. The van der Waals surface area contributed by atoms with Gasteiger partial charge in [0.25, 0.3) is 0 Å². The van der Waals surface area contributed by atoms with Gasteiger partial charge in [-0.1, -0.05) is 11.6 Å². The summed E-state index contributed by atoms with van der Waals surface area (Å²) in [6, 6.07) is 4.90. The van der Waals surface area contributed by atoms with E-state index in [4.69, 9.17) is 16.7 Å². The summed E-state index contributed by atoms with van der Waals surface area (Å²) in [4.78, 5) is 23.9. The predicted molar refractivity (Wildman–Crippen MR) is 67.9 cm³/mol. The Morgan fingerprint density at radius 3 is 2.67 bits per heavy atom. The number of hydrogen-bond acceptors (Lipinski definition) is 2. The van der Waals surface area contributed by atoms with Crippen molar-refractivity contribution >= 4 is 29.3 Å². The van der Waals surface area contributed by atoms with E-state index in [9.17, 15) is 9.59 Å². The van der Waals surface area contributed by atoms with E-state index in [2.05, 4.69) is 5.32 Å². The minimum Gasteiger partial charge on any atom is -0.481 e. The monoisotopic (exact) mass is 268 g/mol. The first-order chi connectivity index (χ1) is 8.47. The number of carboxylic acid groups (broad SMARTS) is 1. The Balaban J connectivity index is 1.94. The van der Waals surface area contributed by atoms with Crippen molar-refractivity contribution in [2.75, 3.05) is 18.4 Å². The molecule has 1 saturated heterocycles. The van der Waals surface area contributed by atoms with Crippen molar-refractivity contribution in [2.45, 2.75) is 6.92 Å². The van der Waals surface area contributed by atoms with Gasteiger partial charge in [0.05, 0.1) is 5.92 Å². The highest BCUT2D eigenvalue weighted by molar-refractivity contribution is 6.30. The molecular weight excluding hydrogens is 256 g/mol. The highest BCUT2D eigenvalue weighted by Crippen LogP contribution is 2.22. The quantitative estimate of drug-likeness (QED) is 0.864. The first-order valence-electron chi connectivity index (χ1n) is 5.52. The van der Waals surface area contributed by atoms with Crippen LogP contribution in [0, 0.1) is 12.8 Å². The zero-order valence-electron chi connectivity index (χ0n) is 9.81. The summed E-state index contributed by atoms with van der Waals surface area (Å²) in [5, 5.41) is 12.1. The number of amides is 2. The third-order valence-corrected chi connectivity index (χ3v) is 3.18. The predicted octanol–water partition coefficient (Wildman–Crippen LogP) is 2.20. The smallest absolute Gasteiger partial charge is 0.321 e. The van der Waals surface area contributed by atoms with Crippen molar-refractivity contribution < 1.29 is 14.7 Å². The molecule has 0 saturated carbocycles. The summed E-state index contributed by atoms with van der Waals surface area (Å²) in [6.07, 6.45) is 0. The number of aliphatic carboxylic acids is 1. The van der Waals surface area contributed by atoms with Crippen LogP contribution in [-0.2, 0) is 4.79 Å². The number of benzene rings is 1. The average Bonchev–Trinajstić information content (AvgIpc) is 2.19. The Morgan fingerprint density at radius 2 is 2.11 bits per heavy atom. The maximum Gasteiger partial charge on any atom is 0.321 e. The van der Waals surface area contributed by atoms with Crippen molar-refractivity contribution in [3.8, 4) is 0 Å². The Bertz CT molecular complexity index is 498. The normalized spacial score (nSPS) is 15.1. The van der Waals surface area contributed by atoms with Gasteiger partial charge in [0.15, 0.2) is 0 Å². The molecule has 1 aromatic carbocycles. The largest absolute Gasteiger partial charge is 0.481 e. The summed E-state index contributed by atoms with van der Waals surface area (Å²) >= 11 is 5.82. The summed E-state index contributed by atoms with van der Waals surface area (Å²) < 4.78 is 0. The van der Waals surface area contributed by atoms with Gasteiger partial charge < -0.3 is 15.3 Å². The van der Waals surface area contributed by atoms with Gasteiger partial charge in [-0.3, -0.25) is 4.79 Å². The number of carboxylic acids is 1. The summed E-state index contributed by atoms with van der Waals surface area (Å²) in [5.41, 5.74) is 1.55. The molecule has 0 unspecified atom stereocenters. The number of rotatable bonds is 2. The first kappa shape index (κ1) is 12.7. The highest BCUT2D eigenvalue weighted by Gasteiger charge is 2.35. The lowest BCUT2D eigenvalue weighted by molar-refractivity contribution is -0.145. The number of likely N-dealkylation sites (tertiary alicyclic amines) is 1. The molecule has 2 N–H and O–H groups in total. The van der Waals surface area contributed by atoms with Gasteiger partial charge in [-0.2, -0.15) is 0 Å². The van der Waals surface area contributed by atoms with Crippen LogP contribution in [0.3, 0.4) is 0 Å². The number of nitrogens with zero attached hydrogens (tertiary/aromatic N) is 1. The van der Waals surface area contributed by atoms with Crippen LogP contribution in [0.2, 0.25) is 5.02 Å². The number of aryl methyl sites for hydroxylation is 1. The molecule has 0 aromatic heterocycles. The Morgan fingerprint density at radius 1 is 1.44 bits per heavy atom. The molecule has 96 valence electrons. The van der Waals surface area contributed by atoms with Gasteiger partial charge in [0, 0.05) is 23.8 Å². The maximum atomic E-state index is 11.8. The van der Waals surface area contributed by atoms with Gasteiger partial charge in [0.2, 0.25) is 0 Å². The Hall–Kier alpha value is -1.75. The third kappa shape index (κ3) is 2.56. The molecular formula is C12H13ClN2O3. The molecule has 18 heavy (non-hydrogen) atoms. The number of hydrogen-bond donors (Lipinski definition) is 2. The van der Waals surface area contributed by atoms with Crippen LogP contribution >= 0.6 is 11.6 Å². The molecule has 5 nitrogen and oxygen atoms in total. The lowest BCUT2D eigenvalue weighted by atomic mass is 10.0. The van der Waals surface area contributed by atoms with E-state index in [0.29, 0.717) is 10.7 Å². The number of halogens is 1. The van der Waals surface area contributed by atoms with Crippen molar-refractivity contribution in [3.05, 3.63) is 28.8 Å². The molecule has 6 heteroatoms. The van der Waals surface area contributed by atoms with Crippen molar-refractivity contribution in [2.24, 2.45) is 5.92 Å². The van der Waals surface area contributed by atoms with Gasteiger partial charge in [-0.15, -0.1) is 0 Å². The zero-order valence-corrected chi connectivity index (χ0v) is 10.6. The number of carbonyl (C=O) groups excluding carboxylic acids is 1. The van der Waals surface area contributed by atoms with E-state index in [1.807, 2.05) is 6.92 Å². The second kappa shape index (κ2) is 4.86. The van der Waals surface area contributed by atoms with Crippen LogP contribution < -0.4 is 5.32 Å². The van der Waals surface area contributed by atoms with Crippen LogP contribution in [0.1, 0.15) is 5.56 Å². The minimum absolute atomic E-state index is 0.258. The minimum atomic E-state index is -0.860. The fraction of sp³-hybridized carbons (Fsp3) is 0.333. The van der Waals surface area contributed by atoms with Crippen molar-refractivity contribution in [1.29, 1.82) is 0 Å². The van der Waals surface area contributed by atoms with Gasteiger partial charge >= 0.3 is 12.0 Å². The molecule has 1 aliphatic heterocycles. The molecule has 1 aliphatic rings. The first-order valence-corrected chi connectivity index (χ1v) is 5.90. The number of carbonyl (C=O) groups is 2.